The largest absolute Gasteiger partial charge is 0.243 e. The average molecular weight is 336 g/mol. The van der Waals surface area contributed by atoms with Crippen LogP contribution in [0.1, 0.15) is 6.92 Å². The SMILES string of the molecule is CCS(=O)(=O)c1cc(-c2c(F)cc(F)cc2F)cnc1Cl. The molecule has 0 atom stereocenters. The lowest BCUT2D eigenvalue weighted by Gasteiger charge is -2.09. The molecule has 0 unspecified atom stereocenters. The molecule has 0 spiro atoms. The molecule has 8 heteroatoms. The lowest BCUT2D eigenvalue weighted by molar-refractivity contribution is 0.547. The highest BCUT2D eigenvalue weighted by atomic mass is 35.5. The van der Waals surface area contributed by atoms with Crippen LogP contribution in [0.25, 0.3) is 11.1 Å². The molecule has 1 aromatic carbocycles. The standard InChI is InChI=1S/C13H9ClF3NO2S/c1-2-21(19,20)11-3-7(6-18-13(11)14)12-9(16)4-8(15)5-10(12)17/h3-6H,2H2,1H3. The smallest absolute Gasteiger partial charge is 0.181 e. The maximum atomic E-state index is 13.7. The first kappa shape index (κ1) is 15.8. The lowest BCUT2D eigenvalue weighted by atomic mass is 10.1. The number of hydrogen-bond donors (Lipinski definition) is 0. The molecule has 0 bridgehead atoms. The molecule has 0 saturated heterocycles. The third-order valence-electron chi connectivity index (χ3n) is 2.82. The molecule has 1 heterocycles. The van der Waals surface area contributed by atoms with E-state index in [1.54, 1.807) is 0 Å². The Labute approximate surface area is 124 Å². The zero-order valence-corrected chi connectivity index (χ0v) is 12.3. The van der Waals surface area contributed by atoms with Gasteiger partial charge in [0.1, 0.15) is 27.5 Å². The fraction of sp³-hybridized carbons (Fsp3) is 0.154. The highest BCUT2D eigenvalue weighted by Crippen LogP contribution is 2.30. The van der Waals surface area contributed by atoms with Gasteiger partial charge >= 0.3 is 0 Å². The zero-order valence-electron chi connectivity index (χ0n) is 10.7. The number of rotatable bonds is 3. The summed E-state index contributed by atoms with van der Waals surface area (Å²) in [4.78, 5) is 3.31. The van der Waals surface area contributed by atoms with Crippen molar-refractivity contribution in [3.63, 3.8) is 0 Å². The third kappa shape index (κ3) is 3.03. The summed E-state index contributed by atoms with van der Waals surface area (Å²) < 4.78 is 64.0. The van der Waals surface area contributed by atoms with Crippen LogP contribution in [-0.2, 0) is 9.84 Å². The first-order valence-electron chi connectivity index (χ1n) is 5.79. The van der Waals surface area contributed by atoms with Crippen molar-refractivity contribution in [1.82, 2.24) is 4.98 Å². The van der Waals surface area contributed by atoms with Crippen molar-refractivity contribution in [3.05, 3.63) is 47.0 Å². The Hall–Kier alpha value is -1.60. The van der Waals surface area contributed by atoms with Crippen molar-refractivity contribution in [2.45, 2.75) is 11.8 Å². The van der Waals surface area contributed by atoms with Gasteiger partial charge in [-0.05, 0) is 6.07 Å². The molecule has 2 rings (SSSR count). The van der Waals surface area contributed by atoms with Crippen LogP contribution in [-0.4, -0.2) is 19.2 Å². The van der Waals surface area contributed by atoms with Crippen LogP contribution in [0.5, 0.6) is 0 Å². The second-order valence-electron chi connectivity index (χ2n) is 4.16. The lowest BCUT2D eigenvalue weighted by Crippen LogP contribution is -2.06. The Balaban J connectivity index is 2.71. The Morgan fingerprint density at radius 1 is 1.14 bits per heavy atom. The molecule has 0 aliphatic carbocycles. The maximum Gasteiger partial charge on any atom is 0.181 e. The van der Waals surface area contributed by atoms with Gasteiger partial charge in [-0.25, -0.2) is 26.6 Å². The number of halogens is 4. The number of nitrogens with zero attached hydrogens (tertiary/aromatic N) is 1. The van der Waals surface area contributed by atoms with E-state index in [1.807, 2.05) is 0 Å². The summed E-state index contributed by atoms with van der Waals surface area (Å²) in [5.41, 5.74) is -0.699. The van der Waals surface area contributed by atoms with Crippen molar-refractivity contribution in [2.24, 2.45) is 0 Å². The fourth-order valence-electron chi connectivity index (χ4n) is 1.76. The predicted octanol–water partition coefficient (Wildman–Crippen LogP) is 3.61. The monoisotopic (exact) mass is 335 g/mol. The molecule has 2 aromatic rings. The second-order valence-corrected chi connectivity index (χ2v) is 6.77. The molecule has 0 aliphatic rings. The molecule has 0 saturated carbocycles. The van der Waals surface area contributed by atoms with Gasteiger partial charge in [-0.15, -0.1) is 0 Å². The third-order valence-corrected chi connectivity index (χ3v) is 4.97. The number of hydrogen-bond acceptors (Lipinski definition) is 3. The Morgan fingerprint density at radius 3 is 2.24 bits per heavy atom. The fourth-order valence-corrected chi connectivity index (χ4v) is 3.14. The highest BCUT2D eigenvalue weighted by Gasteiger charge is 2.21. The van der Waals surface area contributed by atoms with E-state index in [0.717, 1.165) is 12.3 Å². The van der Waals surface area contributed by atoms with Crippen molar-refractivity contribution in [2.75, 3.05) is 5.75 Å². The van der Waals surface area contributed by atoms with E-state index in [1.165, 1.54) is 6.92 Å². The Bertz CT molecular complexity index is 786. The van der Waals surface area contributed by atoms with E-state index in [9.17, 15) is 21.6 Å². The zero-order chi connectivity index (χ0) is 15.8. The summed E-state index contributed by atoms with van der Waals surface area (Å²) in [7, 11) is -3.71. The number of aromatic nitrogens is 1. The van der Waals surface area contributed by atoms with Gasteiger partial charge in [0.05, 0.1) is 11.3 Å². The van der Waals surface area contributed by atoms with Gasteiger partial charge in [-0.2, -0.15) is 0 Å². The van der Waals surface area contributed by atoms with Crippen LogP contribution in [0.2, 0.25) is 5.15 Å². The van der Waals surface area contributed by atoms with Crippen LogP contribution in [0.3, 0.4) is 0 Å². The molecule has 0 aliphatic heterocycles. The molecule has 0 radical (unpaired) electrons. The van der Waals surface area contributed by atoms with E-state index in [4.69, 9.17) is 11.6 Å². The molecule has 21 heavy (non-hydrogen) atoms. The Kier molecular flexibility index (Phi) is 4.25. The van der Waals surface area contributed by atoms with Gasteiger partial charge in [0.2, 0.25) is 0 Å². The van der Waals surface area contributed by atoms with Crippen LogP contribution < -0.4 is 0 Å². The summed E-state index contributed by atoms with van der Waals surface area (Å²) in [5, 5.41) is -0.288. The molecule has 0 fully saturated rings. The molecule has 3 nitrogen and oxygen atoms in total. The van der Waals surface area contributed by atoms with Gasteiger partial charge in [-0.1, -0.05) is 18.5 Å². The summed E-state index contributed by atoms with van der Waals surface area (Å²) >= 11 is 5.71. The minimum atomic E-state index is -3.71. The highest BCUT2D eigenvalue weighted by molar-refractivity contribution is 7.91. The summed E-state index contributed by atoms with van der Waals surface area (Å²) in [6, 6.07) is 2.02. The molecule has 0 amide bonds. The predicted molar refractivity (Wildman–Crippen MR) is 72.3 cm³/mol. The molecular formula is C13H9ClF3NO2S. The summed E-state index contributed by atoms with van der Waals surface area (Å²) in [5.74, 6) is -3.63. The van der Waals surface area contributed by atoms with E-state index >= 15 is 0 Å². The van der Waals surface area contributed by atoms with E-state index < -0.39 is 32.9 Å². The topological polar surface area (TPSA) is 47.0 Å². The van der Waals surface area contributed by atoms with Crippen molar-refractivity contribution in [3.8, 4) is 11.1 Å². The minimum Gasteiger partial charge on any atom is -0.243 e. The molecule has 1 aromatic heterocycles. The van der Waals surface area contributed by atoms with Gasteiger partial charge in [0.15, 0.2) is 9.84 Å². The maximum absolute atomic E-state index is 13.7. The number of sulfone groups is 1. The average Bonchev–Trinajstić information content (AvgIpc) is 2.39. The first-order valence-corrected chi connectivity index (χ1v) is 7.82. The normalized spacial score (nSPS) is 11.7. The van der Waals surface area contributed by atoms with E-state index in [0.29, 0.717) is 12.1 Å². The molecule has 112 valence electrons. The Morgan fingerprint density at radius 2 is 1.71 bits per heavy atom. The van der Waals surface area contributed by atoms with Crippen LogP contribution in [0.4, 0.5) is 13.2 Å². The van der Waals surface area contributed by atoms with E-state index in [2.05, 4.69) is 4.98 Å². The van der Waals surface area contributed by atoms with Crippen LogP contribution in [0, 0.1) is 17.5 Å². The summed E-state index contributed by atoms with van der Waals surface area (Å²) in [6.07, 6.45) is 1.02. The van der Waals surface area contributed by atoms with Crippen LogP contribution >= 0.6 is 11.6 Å². The number of pyridine rings is 1. The number of benzene rings is 1. The quantitative estimate of drug-likeness (QED) is 0.805. The summed E-state index contributed by atoms with van der Waals surface area (Å²) in [6.45, 7) is 1.40. The van der Waals surface area contributed by atoms with Crippen molar-refractivity contribution >= 4 is 21.4 Å². The van der Waals surface area contributed by atoms with Gasteiger partial charge in [0, 0.05) is 23.9 Å². The van der Waals surface area contributed by atoms with Crippen LogP contribution in [0.15, 0.2) is 29.3 Å². The molecule has 0 N–H and O–H groups in total. The van der Waals surface area contributed by atoms with E-state index in [-0.39, 0.29) is 21.4 Å². The van der Waals surface area contributed by atoms with Crippen molar-refractivity contribution < 1.29 is 21.6 Å². The van der Waals surface area contributed by atoms with Crippen molar-refractivity contribution in [1.29, 1.82) is 0 Å². The minimum absolute atomic E-state index is 0.138. The first-order chi connectivity index (χ1) is 9.76. The second kappa shape index (κ2) is 5.65. The molecular weight excluding hydrogens is 327 g/mol. The van der Waals surface area contributed by atoms with Gasteiger partial charge in [-0.3, -0.25) is 0 Å². The van der Waals surface area contributed by atoms with Gasteiger partial charge < -0.3 is 0 Å². The van der Waals surface area contributed by atoms with Gasteiger partial charge in [0.25, 0.3) is 0 Å².